The summed E-state index contributed by atoms with van der Waals surface area (Å²) in [5, 5.41) is 6.89. The first-order chi connectivity index (χ1) is 10.2. The average Bonchev–Trinajstić information content (AvgIpc) is 2.84. The van der Waals surface area contributed by atoms with Crippen molar-refractivity contribution in [1.82, 2.24) is 15.5 Å². The van der Waals surface area contributed by atoms with E-state index >= 15 is 0 Å². The highest BCUT2D eigenvalue weighted by Crippen LogP contribution is 2.20. The summed E-state index contributed by atoms with van der Waals surface area (Å²) in [5.41, 5.74) is 1.39. The number of nitrogens with one attached hydrogen (secondary N) is 2. The quantitative estimate of drug-likeness (QED) is 0.441. The van der Waals surface area contributed by atoms with E-state index in [-0.39, 0.29) is 24.0 Å². The fraction of sp³-hybridized carbons (Fsp3) is 0.588. The number of halogens is 1. The van der Waals surface area contributed by atoms with E-state index in [1.54, 1.807) is 0 Å². The first-order valence-electron chi connectivity index (χ1n) is 7.98. The van der Waals surface area contributed by atoms with Gasteiger partial charge < -0.3 is 10.6 Å². The molecule has 2 rings (SSSR count). The standard InChI is InChI=1S/C17H28N4.HI/c1-4-10-19-17(18-3)20-16-11-14(2)21(13-16)12-15-8-6-5-7-9-15;/h5-9,14,16H,4,10-13H2,1-3H3,(H2,18,19,20);1H. The molecule has 22 heavy (non-hydrogen) atoms. The predicted molar refractivity (Wildman–Crippen MR) is 105 cm³/mol. The van der Waals surface area contributed by atoms with Crippen LogP contribution in [0.5, 0.6) is 0 Å². The Morgan fingerprint density at radius 2 is 2.05 bits per heavy atom. The third-order valence-electron chi connectivity index (χ3n) is 4.04. The van der Waals surface area contributed by atoms with Gasteiger partial charge in [0.15, 0.2) is 5.96 Å². The van der Waals surface area contributed by atoms with Crippen molar-refractivity contribution in [2.75, 3.05) is 20.1 Å². The number of nitrogens with zero attached hydrogens (tertiary/aromatic N) is 2. The molecule has 124 valence electrons. The zero-order chi connectivity index (χ0) is 15.1. The molecular formula is C17H29IN4. The van der Waals surface area contributed by atoms with Gasteiger partial charge in [0.1, 0.15) is 0 Å². The number of hydrogen-bond donors (Lipinski definition) is 2. The van der Waals surface area contributed by atoms with Crippen LogP contribution >= 0.6 is 24.0 Å². The maximum Gasteiger partial charge on any atom is 0.191 e. The van der Waals surface area contributed by atoms with E-state index in [0.717, 1.165) is 32.0 Å². The van der Waals surface area contributed by atoms with Gasteiger partial charge in [-0.2, -0.15) is 0 Å². The molecule has 0 amide bonds. The summed E-state index contributed by atoms with van der Waals surface area (Å²) in [5.74, 6) is 0.926. The minimum absolute atomic E-state index is 0. The van der Waals surface area contributed by atoms with Crippen LogP contribution in [0.25, 0.3) is 0 Å². The van der Waals surface area contributed by atoms with E-state index < -0.39 is 0 Å². The average molecular weight is 416 g/mol. The number of hydrogen-bond acceptors (Lipinski definition) is 2. The predicted octanol–water partition coefficient (Wildman–Crippen LogP) is 2.84. The van der Waals surface area contributed by atoms with Gasteiger partial charge in [-0.05, 0) is 25.3 Å². The number of aliphatic imine (C=N–C) groups is 1. The van der Waals surface area contributed by atoms with E-state index in [1.807, 2.05) is 7.05 Å². The summed E-state index contributed by atoms with van der Waals surface area (Å²) in [4.78, 5) is 6.84. The molecule has 0 spiro atoms. The molecule has 1 aromatic carbocycles. The van der Waals surface area contributed by atoms with Crippen molar-refractivity contribution < 1.29 is 0 Å². The summed E-state index contributed by atoms with van der Waals surface area (Å²) in [6.07, 6.45) is 2.28. The van der Waals surface area contributed by atoms with Crippen LogP contribution in [0.1, 0.15) is 32.3 Å². The van der Waals surface area contributed by atoms with Gasteiger partial charge >= 0.3 is 0 Å². The Morgan fingerprint density at radius 1 is 1.32 bits per heavy atom. The Morgan fingerprint density at radius 3 is 2.68 bits per heavy atom. The fourth-order valence-corrected chi connectivity index (χ4v) is 2.87. The van der Waals surface area contributed by atoms with Gasteiger partial charge in [0, 0.05) is 38.8 Å². The third kappa shape index (κ3) is 5.76. The molecule has 1 aliphatic heterocycles. The van der Waals surface area contributed by atoms with Gasteiger partial charge in [-0.25, -0.2) is 0 Å². The van der Waals surface area contributed by atoms with Crippen LogP contribution in [0.15, 0.2) is 35.3 Å². The Kier molecular flexibility index (Phi) is 8.78. The van der Waals surface area contributed by atoms with E-state index in [4.69, 9.17) is 0 Å². The van der Waals surface area contributed by atoms with Crippen LogP contribution in [-0.4, -0.2) is 43.1 Å². The Hall–Kier alpha value is -0.820. The van der Waals surface area contributed by atoms with Crippen LogP contribution in [-0.2, 0) is 6.54 Å². The Balaban J connectivity index is 0.00000242. The van der Waals surface area contributed by atoms with Crippen LogP contribution < -0.4 is 10.6 Å². The lowest BCUT2D eigenvalue weighted by molar-refractivity contribution is 0.258. The number of guanidine groups is 1. The molecule has 1 aliphatic rings. The second-order valence-corrected chi connectivity index (χ2v) is 5.84. The lowest BCUT2D eigenvalue weighted by Crippen LogP contribution is -2.44. The maximum atomic E-state index is 4.30. The highest BCUT2D eigenvalue weighted by Gasteiger charge is 2.29. The molecule has 1 fully saturated rings. The van der Waals surface area contributed by atoms with Gasteiger partial charge in [-0.3, -0.25) is 9.89 Å². The van der Waals surface area contributed by atoms with Crippen LogP contribution in [0, 0.1) is 0 Å². The van der Waals surface area contributed by atoms with Crippen molar-refractivity contribution in [2.45, 2.75) is 45.3 Å². The van der Waals surface area contributed by atoms with Gasteiger partial charge in [-0.1, -0.05) is 37.3 Å². The van der Waals surface area contributed by atoms with Crippen molar-refractivity contribution in [3.63, 3.8) is 0 Å². The van der Waals surface area contributed by atoms with Crippen LogP contribution in [0.4, 0.5) is 0 Å². The second kappa shape index (κ2) is 10.0. The minimum Gasteiger partial charge on any atom is -0.356 e. The second-order valence-electron chi connectivity index (χ2n) is 5.84. The molecule has 0 radical (unpaired) electrons. The summed E-state index contributed by atoms with van der Waals surface area (Å²) in [6, 6.07) is 11.8. The molecule has 2 N–H and O–H groups in total. The van der Waals surface area contributed by atoms with Crippen molar-refractivity contribution in [3.8, 4) is 0 Å². The van der Waals surface area contributed by atoms with E-state index in [1.165, 1.54) is 12.0 Å². The molecule has 4 nitrogen and oxygen atoms in total. The molecule has 0 aromatic heterocycles. The molecule has 1 aromatic rings. The number of rotatable bonds is 5. The first kappa shape index (κ1) is 19.2. The molecule has 2 atom stereocenters. The lowest BCUT2D eigenvalue weighted by Gasteiger charge is -2.21. The highest BCUT2D eigenvalue weighted by molar-refractivity contribution is 14.0. The Labute approximate surface area is 151 Å². The molecule has 5 heteroatoms. The highest BCUT2D eigenvalue weighted by atomic mass is 127. The smallest absolute Gasteiger partial charge is 0.191 e. The molecule has 0 bridgehead atoms. The normalized spacial score (nSPS) is 22.2. The number of benzene rings is 1. The molecule has 0 saturated carbocycles. The van der Waals surface area contributed by atoms with Gasteiger partial charge in [0.05, 0.1) is 0 Å². The topological polar surface area (TPSA) is 39.7 Å². The van der Waals surface area contributed by atoms with Crippen molar-refractivity contribution >= 4 is 29.9 Å². The Bertz CT molecular complexity index is 449. The number of likely N-dealkylation sites (tertiary alicyclic amines) is 1. The van der Waals surface area contributed by atoms with Gasteiger partial charge in [-0.15, -0.1) is 24.0 Å². The van der Waals surface area contributed by atoms with Crippen molar-refractivity contribution in [1.29, 1.82) is 0 Å². The van der Waals surface area contributed by atoms with E-state index in [9.17, 15) is 0 Å². The molecule has 0 aliphatic carbocycles. The first-order valence-corrected chi connectivity index (χ1v) is 7.98. The molecule has 1 heterocycles. The summed E-state index contributed by atoms with van der Waals surface area (Å²) in [6.45, 7) is 7.55. The summed E-state index contributed by atoms with van der Waals surface area (Å²) in [7, 11) is 1.84. The fourth-order valence-electron chi connectivity index (χ4n) is 2.87. The third-order valence-corrected chi connectivity index (χ3v) is 4.04. The summed E-state index contributed by atoms with van der Waals surface area (Å²) >= 11 is 0. The minimum atomic E-state index is 0. The SMILES string of the molecule is CCCNC(=NC)NC1CC(C)N(Cc2ccccc2)C1.I. The lowest BCUT2D eigenvalue weighted by atomic mass is 10.2. The van der Waals surface area contributed by atoms with Crippen LogP contribution in [0.2, 0.25) is 0 Å². The van der Waals surface area contributed by atoms with Gasteiger partial charge in [0.2, 0.25) is 0 Å². The van der Waals surface area contributed by atoms with E-state index in [2.05, 4.69) is 64.7 Å². The van der Waals surface area contributed by atoms with Crippen molar-refractivity contribution in [2.24, 2.45) is 4.99 Å². The zero-order valence-corrected chi connectivity index (χ0v) is 16.2. The maximum absolute atomic E-state index is 4.30. The van der Waals surface area contributed by atoms with Gasteiger partial charge in [0.25, 0.3) is 0 Å². The zero-order valence-electron chi connectivity index (χ0n) is 13.9. The summed E-state index contributed by atoms with van der Waals surface area (Å²) < 4.78 is 0. The monoisotopic (exact) mass is 416 g/mol. The largest absolute Gasteiger partial charge is 0.356 e. The van der Waals surface area contributed by atoms with E-state index in [0.29, 0.717) is 12.1 Å². The molecule has 1 saturated heterocycles. The molecular weight excluding hydrogens is 387 g/mol. The molecule has 2 unspecified atom stereocenters. The van der Waals surface area contributed by atoms with Crippen molar-refractivity contribution in [3.05, 3.63) is 35.9 Å². The van der Waals surface area contributed by atoms with Crippen LogP contribution in [0.3, 0.4) is 0 Å².